The molecule has 0 aliphatic carbocycles. The lowest BCUT2D eigenvalue weighted by Crippen LogP contribution is -2.46. The van der Waals surface area contributed by atoms with Gasteiger partial charge in [-0.3, -0.25) is 5.10 Å². The Balaban J connectivity index is 1.26. The van der Waals surface area contributed by atoms with E-state index in [1.165, 1.54) is 9.87 Å². The van der Waals surface area contributed by atoms with Crippen molar-refractivity contribution in [1.82, 2.24) is 35.0 Å². The molecule has 0 saturated carbocycles. The summed E-state index contributed by atoms with van der Waals surface area (Å²) in [5.41, 5.74) is 5.42. The number of anilines is 2. The maximum Gasteiger partial charge on any atom is 0.243 e. The van der Waals surface area contributed by atoms with Crippen molar-refractivity contribution in [3.05, 3.63) is 65.5 Å². The molecule has 180 valence electrons. The minimum absolute atomic E-state index is 0.277. The van der Waals surface area contributed by atoms with E-state index in [-0.39, 0.29) is 4.90 Å². The highest BCUT2D eigenvalue weighted by Crippen LogP contribution is 2.22. The van der Waals surface area contributed by atoms with Crippen molar-refractivity contribution in [2.45, 2.75) is 9.32 Å². The summed E-state index contributed by atoms with van der Waals surface area (Å²) in [6, 6.07) is 10.8. The number of fused-ring (bicyclic) bond motifs is 1. The van der Waals surface area contributed by atoms with Gasteiger partial charge in [0.2, 0.25) is 16.0 Å². The van der Waals surface area contributed by atoms with Gasteiger partial charge in [-0.2, -0.15) is 4.31 Å². The molecule has 0 bridgehead atoms. The van der Waals surface area contributed by atoms with Gasteiger partial charge in [0.1, 0.15) is 5.52 Å². The molecule has 1 aliphatic rings. The second-order valence-electron chi connectivity index (χ2n) is 8.00. The van der Waals surface area contributed by atoms with Gasteiger partial charge in [0, 0.05) is 59.8 Å². The maximum atomic E-state index is 12.8. The number of halogens is 1. The number of H-pyrrole nitrogens is 1. The maximum absolute atomic E-state index is 12.8. The van der Waals surface area contributed by atoms with E-state index >= 15 is 0 Å². The largest absolute Gasteiger partial charge is 0.324 e. The van der Waals surface area contributed by atoms with Crippen LogP contribution in [-0.2, 0) is 14.5 Å². The summed E-state index contributed by atoms with van der Waals surface area (Å²) in [5, 5.41) is 17.3. The minimum atomic E-state index is -3.49. The first-order valence-corrected chi connectivity index (χ1v) is 14.0. The molecule has 0 unspecified atom stereocenters. The number of hydrogen-bond acceptors (Lipinski definition) is 8. The molecular formula is C23H23IN8O2S. The van der Waals surface area contributed by atoms with Gasteiger partial charge in [-0.05, 0) is 42.0 Å². The molecule has 2 aromatic carbocycles. The highest BCUT2D eigenvalue weighted by Gasteiger charge is 2.25. The molecule has 1 aliphatic heterocycles. The van der Waals surface area contributed by atoms with Crippen LogP contribution in [0.25, 0.3) is 23.2 Å². The number of sulfonamides is 1. The second-order valence-corrected chi connectivity index (χ2v) is 10.7. The van der Waals surface area contributed by atoms with E-state index in [4.69, 9.17) is 0 Å². The van der Waals surface area contributed by atoms with Crippen LogP contribution in [0.15, 0.2) is 53.7 Å². The fourth-order valence-corrected chi connectivity index (χ4v) is 5.68. The molecule has 4 aromatic rings. The fraction of sp³-hybridized carbons (Fsp3) is 0.217. The number of piperazine rings is 1. The molecule has 3 N–H and O–H groups in total. The van der Waals surface area contributed by atoms with E-state index in [0.29, 0.717) is 37.8 Å². The predicted molar refractivity (Wildman–Crippen MR) is 144 cm³/mol. The first kappa shape index (κ1) is 23.8. The Morgan fingerprint density at radius 3 is 2.51 bits per heavy atom. The van der Waals surface area contributed by atoms with Crippen molar-refractivity contribution >= 4 is 67.4 Å². The Labute approximate surface area is 216 Å². The Bertz CT molecular complexity index is 1450. The zero-order valence-corrected chi connectivity index (χ0v) is 21.6. The van der Waals surface area contributed by atoms with Crippen molar-refractivity contribution in [2.75, 3.05) is 31.5 Å². The van der Waals surface area contributed by atoms with E-state index in [2.05, 4.69) is 70.7 Å². The summed E-state index contributed by atoms with van der Waals surface area (Å²) in [4.78, 5) is 9.03. The number of aromatic amines is 1. The molecule has 3 heterocycles. The van der Waals surface area contributed by atoms with Crippen LogP contribution >= 0.6 is 22.6 Å². The van der Waals surface area contributed by atoms with Gasteiger partial charge < -0.3 is 10.6 Å². The number of benzene rings is 2. The van der Waals surface area contributed by atoms with Gasteiger partial charge in [-0.1, -0.05) is 40.0 Å². The Kier molecular flexibility index (Phi) is 7.04. The number of alkyl halides is 1. The van der Waals surface area contributed by atoms with Crippen molar-refractivity contribution < 1.29 is 8.42 Å². The van der Waals surface area contributed by atoms with Crippen LogP contribution in [0, 0.1) is 0 Å². The molecule has 12 heteroatoms. The lowest BCUT2D eigenvalue weighted by atomic mass is 10.1. The van der Waals surface area contributed by atoms with Crippen molar-refractivity contribution in [2.24, 2.45) is 0 Å². The Hall–Kier alpha value is -2.94. The molecule has 35 heavy (non-hydrogen) atoms. The number of hydrogen-bond donors (Lipinski definition) is 3. The van der Waals surface area contributed by atoms with Crippen LogP contribution in [0.1, 0.15) is 16.7 Å². The highest BCUT2D eigenvalue weighted by atomic mass is 127. The molecule has 1 saturated heterocycles. The topological polar surface area (TPSA) is 129 Å². The molecule has 0 spiro atoms. The Morgan fingerprint density at radius 1 is 1.06 bits per heavy atom. The van der Waals surface area contributed by atoms with Crippen LogP contribution in [0.4, 0.5) is 11.6 Å². The zero-order chi connectivity index (χ0) is 24.3. The van der Waals surface area contributed by atoms with Gasteiger partial charge in [0.05, 0.1) is 10.4 Å². The molecule has 10 nitrogen and oxygen atoms in total. The summed E-state index contributed by atoms with van der Waals surface area (Å²) in [6.07, 6.45) is 7.35. The minimum Gasteiger partial charge on any atom is -0.324 e. The van der Waals surface area contributed by atoms with E-state index in [1.54, 1.807) is 36.7 Å². The summed E-state index contributed by atoms with van der Waals surface area (Å²) in [6.45, 7) is 2.28. The summed E-state index contributed by atoms with van der Waals surface area (Å²) in [7, 11) is -3.49. The third kappa shape index (κ3) is 5.34. The fourth-order valence-electron chi connectivity index (χ4n) is 3.80. The summed E-state index contributed by atoms with van der Waals surface area (Å²) in [5.74, 6) is 0.422. The number of rotatable bonds is 7. The van der Waals surface area contributed by atoms with Gasteiger partial charge >= 0.3 is 0 Å². The predicted octanol–water partition coefficient (Wildman–Crippen LogP) is 3.19. The smallest absolute Gasteiger partial charge is 0.243 e. The van der Waals surface area contributed by atoms with E-state index in [0.717, 1.165) is 26.6 Å². The van der Waals surface area contributed by atoms with Crippen molar-refractivity contribution in [3.63, 3.8) is 0 Å². The first-order valence-electron chi connectivity index (χ1n) is 11.0. The zero-order valence-electron chi connectivity index (χ0n) is 18.6. The van der Waals surface area contributed by atoms with Gasteiger partial charge in [-0.25, -0.2) is 18.4 Å². The molecule has 0 atom stereocenters. The van der Waals surface area contributed by atoms with Crippen LogP contribution in [-0.4, -0.2) is 64.3 Å². The SMILES string of the molecule is O=S(=O)(c1ccc(Nc2ncc(/C=C/c3cc(CI)cc4[nH]nnc34)cn2)cc1)N1CCNCC1. The Morgan fingerprint density at radius 2 is 1.80 bits per heavy atom. The normalized spacial score (nSPS) is 15.1. The summed E-state index contributed by atoms with van der Waals surface area (Å²) < 4.78 is 28.0. The molecule has 5 rings (SSSR count). The van der Waals surface area contributed by atoms with Crippen LogP contribution in [0.5, 0.6) is 0 Å². The highest BCUT2D eigenvalue weighted by molar-refractivity contribution is 14.1. The van der Waals surface area contributed by atoms with E-state index in [1.807, 2.05) is 12.2 Å². The lowest BCUT2D eigenvalue weighted by Gasteiger charge is -2.26. The average molecular weight is 602 g/mol. The van der Waals surface area contributed by atoms with E-state index in [9.17, 15) is 8.42 Å². The van der Waals surface area contributed by atoms with Crippen LogP contribution in [0.3, 0.4) is 0 Å². The van der Waals surface area contributed by atoms with Gasteiger partial charge in [0.15, 0.2) is 0 Å². The van der Waals surface area contributed by atoms with Crippen molar-refractivity contribution in [3.8, 4) is 0 Å². The molecular weight excluding hydrogens is 579 g/mol. The number of nitrogens with one attached hydrogen (secondary N) is 3. The molecule has 0 radical (unpaired) electrons. The lowest BCUT2D eigenvalue weighted by molar-refractivity contribution is 0.360. The number of nitrogens with zero attached hydrogens (tertiary/aromatic N) is 5. The third-order valence-corrected chi connectivity index (χ3v) is 8.42. The first-order chi connectivity index (χ1) is 17.0. The quantitative estimate of drug-likeness (QED) is 0.218. The average Bonchev–Trinajstić information content (AvgIpc) is 3.38. The molecule has 0 amide bonds. The standard InChI is InChI=1S/C23H23IN8O2S/c24-13-17-11-18(22-21(12-17)29-31-30-22)2-1-16-14-26-23(27-15-16)28-19-3-5-20(6-4-19)35(33,34)32-9-7-25-8-10-32/h1-6,11-12,14-15,25H,7-10,13H2,(H,26,27,28)(H,29,30,31)/b2-1+. The van der Waals surface area contributed by atoms with Crippen molar-refractivity contribution in [1.29, 1.82) is 0 Å². The molecule has 1 fully saturated rings. The monoisotopic (exact) mass is 602 g/mol. The van der Waals surface area contributed by atoms with E-state index < -0.39 is 10.0 Å². The number of aromatic nitrogens is 5. The van der Waals surface area contributed by atoms with Gasteiger partial charge in [0.25, 0.3) is 0 Å². The molecule has 2 aromatic heterocycles. The summed E-state index contributed by atoms with van der Waals surface area (Å²) >= 11 is 2.33. The van der Waals surface area contributed by atoms with Crippen LogP contribution in [0.2, 0.25) is 0 Å². The van der Waals surface area contributed by atoms with Gasteiger partial charge in [-0.15, -0.1) is 5.10 Å². The third-order valence-electron chi connectivity index (χ3n) is 5.63. The van der Waals surface area contributed by atoms with Crippen LogP contribution < -0.4 is 10.6 Å². The second kappa shape index (κ2) is 10.4.